The molecule has 2 aromatic heterocycles. The molecule has 0 bridgehead atoms. The first kappa shape index (κ1) is 12.5. The van der Waals surface area contributed by atoms with E-state index in [9.17, 15) is 0 Å². The lowest BCUT2D eigenvalue weighted by molar-refractivity contribution is 0.429. The molecule has 2 aromatic rings. The van der Waals surface area contributed by atoms with Crippen molar-refractivity contribution in [3.63, 3.8) is 0 Å². The fraction of sp³-hybridized carbons (Fsp3) is 0.417. The van der Waals surface area contributed by atoms with Gasteiger partial charge in [0, 0.05) is 25.4 Å². The third-order valence-electron chi connectivity index (χ3n) is 2.39. The molecule has 0 unspecified atom stereocenters. The Hall–Kier alpha value is -1.95. The molecule has 6 heteroatoms. The Morgan fingerprint density at radius 2 is 2.33 bits per heavy atom. The van der Waals surface area contributed by atoms with E-state index in [0.29, 0.717) is 11.8 Å². The molecule has 0 fully saturated rings. The first-order chi connectivity index (χ1) is 8.79. The van der Waals surface area contributed by atoms with Gasteiger partial charge in [-0.25, -0.2) is 0 Å². The second-order valence-corrected chi connectivity index (χ2v) is 3.96. The highest BCUT2D eigenvalue weighted by molar-refractivity contribution is 5.31. The van der Waals surface area contributed by atoms with Gasteiger partial charge in [0.2, 0.25) is 0 Å². The molecule has 18 heavy (non-hydrogen) atoms. The maximum atomic E-state index is 5.62. The summed E-state index contributed by atoms with van der Waals surface area (Å²) >= 11 is 0. The summed E-state index contributed by atoms with van der Waals surface area (Å²) in [4.78, 5) is 8.09. The zero-order chi connectivity index (χ0) is 12.8. The van der Waals surface area contributed by atoms with Gasteiger partial charge < -0.3 is 10.1 Å². The maximum Gasteiger partial charge on any atom is 0.341 e. The van der Waals surface area contributed by atoms with Gasteiger partial charge in [-0.15, -0.1) is 5.10 Å². The number of hydrogen-bond acceptors (Lipinski definition) is 5. The van der Waals surface area contributed by atoms with Gasteiger partial charge in [-0.05, 0) is 19.0 Å². The van der Waals surface area contributed by atoms with Crippen molar-refractivity contribution in [2.24, 2.45) is 7.05 Å². The Morgan fingerprint density at radius 1 is 1.44 bits per heavy atom. The Morgan fingerprint density at radius 3 is 3.06 bits per heavy atom. The topological polar surface area (TPSA) is 64.9 Å². The third kappa shape index (κ3) is 3.27. The highest BCUT2D eigenvalue weighted by atomic mass is 16.5. The van der Waals surface area contributed by atoms with Crippen LogP contribution in [0.2, 0.25) is 0 Å². The van der Waals surface area contributed by atoms with Crippen LogP contribution in [-0.4, -0.2) is 26.3 Å². The van der Waals surface area contributed by atoms with Crippen LogP contribution in [0.1, 0.15) is 18.9 Å². The summed E-state index contributed by atoms with van der Waals surface area (Å²) in [5, 5.41) is 7.41. The molecular formula is C12H17N5O. The molecule has 0 aliphatic carbocycles. The number of aryl methyl sites for hydroxylation is 1. The van der Waals surface area contributed by atoms with E-state index in [-0.39, 0.29) is 0 Å². The zero-order valence-corrected chi connectivity index (χ0v) is 10.6. The van der Waals surface area contributed by atoms with E-state index in [1.54, 1.807) is 30.5 Å². The first-order valence-corrected chi connectivity index (χ1v) is 5.96. The van der Waals surface area contributed by atoms with Gasteiger partial charge in [0.05, 0.1) is 6.20 Å². The molecular weight excluding hydrogens is 230 g/mol. The fourth-order valence-electron chi connectivity index (χ4n) is 1.51. The Balaban J connectivity index is 2.07. The number of nitrogens with one attached hydrogen (secondary N) is 1. The van der Waals surface area contributed by atoms with Crippen molar-refractivity contribution in [1.29, 1.82) is 0 Å². The van der Waals surface area contributed by atoms with Gasteiger partial charge in [-0.3, -0.25) is 9.67 Å². The van der Waals surface area contributed by atoms with Crippen molar-refractivity contribution < 1.29 is 4.74 Å². The van der Waals surface area contributed by atoms with E-state index in [1.807, 2.05) is 6.07 Å². The minimum absolute atomic E-state index is 0.335. The van der Waals surface area contributed by atoms with Crippen LogP contribution < -0.4 is 10.1 Å². The summed E-state index contributed by atoms with van der Waals surface area (Å²) in [5.74, 6) is 0.687. The van der Waals surface area contributed by atoms with Gasteiger partial charge in [-0.1, -0.05) is 6.92 Å². The monoisotopic (exact) mass is 247 g/mol. The predicted molar refractivity (Wildman–Crippen MR) is 67.3 cm³/mol. The molecule has 0 aliphatic rings. The molecule has 2 rings (SSSR count). The minimum Gasteiger partial charge on any atom is -0.421 e. The van der Waals surface area contributed by atoms with Crippen LogP contribution >= 0.6 is 0 Å². The number of ether oxygens (including phenoxy) is 1. The van der Waals surface area contributed by atoms with Crippen LogP contribution in [-0.2, 0) is 13.6 Å². The van der Waals surface area contributed by atoms with Crippen LogP contribution in [0, 0.1) is 0 Å². The third-order valence-corrected chi connectivity index (χ3v) is 2.39. The summed E-state index contributed by atoms with van der Waals surface area (Å²) in [7, 11) is 1.80. The summed E-state index contributed by atoms with van der Waals surface area (Å²) in [5.41, 5.74) is 1.05. The number of aromatic nitrogens is 4. The first-order valence-electron chi connectivity index (χ1n) is 5.96. The van der Waals surface area contributed by atoms with Crippen LogP contribution in [0.5, 0.6) is 11.8 Å². The second kappa shape index (κ2) is 6.11. The summed E-state index contributed by atoms with van der Waals surface area (Å²) in [6.07, 6.45) is 6.13. The molecule has 0 saturated carbocycles. The lowest BCUT2D eigenvalue weighted by Gasteiger charge is -2.08. The highest BCUT2D eigenvalue weighted by Crippen LogP contribution is 2.21. The minimum atomic E-state index is 0.335. The maximum absolute atomic E-state index is 5.62. The molecule has 0 radical (unpaired) electrons. The Kier molecular flexibility index (Phi) is 4.25. The largest absolute Gasteiger partial charge is 0.421 e. The number of pyridine rings is 1. The van der Waals surface area contributed by atoms with E-state index in [2.05, 4.69) is 27.3 Å². The normalized spacial score (nSPS) is 10.6. The highest BCUT2D eigenvalue weighted by Gasteiger charge is 2.07. The second-order valence-electron chi connectivity index (χ2n) is 3.96. The summed E-state index contributed by atoms with van der Waals surface area (Å²) in [6, 6.07) is 2.27. The molecule has 6 nitrogen and oxygen atoms in total. The van der Waals surface area contributed by atoms with Gasteiger partial charge in [-0.2, -0.15) is 4.98 Å². The van der Waals surface area contributed by atoms with Gasteiger partial charge in [0.15, 0.2) is 5.75 Å². The number of rotatable bonds is 6. The van der Waals surface area contributed by atoms with Crippen molar-refractivity contribution in [1.82, 2.24) is 25.1 Å². The molecule has 0 saturated heterocycles. The molecule has 96 valence electrons. The number of nitrogens with zero attached hydrogens (tertiary/aromatic N) is 4. The molecule has 0 aliphatic heterocycles. The van der Waals surface area contributed by atoms with Gasteiger partial charge in [0.25, 0.3) is 0 Å². The predicted octanol–water partition coefficient (Wildman–Crippen LogP) is 1.50. The fourth-order valence-corrected chi connectivity index (χ4v) is 1.51. The van der Waals surface area contributed by atoms with Gasteiger partial charge >= 0.3 is 6.01 Å². The smallest absolute Gasteiger partial charge is 0.341 e. The molecule has 0 aromatic carbocycles. The Bertz CT molecular complexity index is 497. The van der Waals surface area contributed by atoms with E-state index >= 15 is 0 Å². The van der Waals surface area contributed by atoms with Gasteiger partial charge in [0.1, 0.15) is 6.33 Å². The Labute approximate surface area is 106 Å². The molecule has 1 N–H and O–H groups in total. The van der Waals surface area contributed by atoms with E-state index in [4.69, 9.17) is 4.74 Å². The van der Waals surface area contributed by atoms with Crippen LogP contribution in [0.3, 0.4) is 0 Å². The lowest BCUT2D eigenvalue weighted by atomic mass is 10.2. The molecule has 0 amide bonds. The lowest BCUT2D eigenvalue weighted by Crippen LogP contribution is -2.14. The van der Waals surface area contributed by atoms with Crippen LogP contribution in [0.15, 0.2) is 24.8 Å². The van der Waals surface area contributed by atoms with E-state index in [0.717, 1.165) is 25.1 Å². The van der Waals surface area contributed by atoms with E-state index in [1.165, 1.54) is 0 Å². The van der Waals surface area contributed by atoms with Crippen molar-refractivity contribution in [3.05, 3.63) is 30.4 Å². The van der Waals surface area contributed by atoms with E-state index < -0.39 is 0 Å². The van der Waals surface area contributed by atoms with Crippen molar-refractivity contribution in [3.8, 4) is 11.8 Å². The zero-order valence-electron chi connectivity index (χ0n) is 10.6. The number of hydrogen-bond donors (Lipinski definition) is 1. The average Bonchev–Trinajstić information content (AvgIpc) is 2.77. The van der Waals surface area contributed by atoms with Crippen molar-refractivity contribution >= 4 is 0 Å². The average molecular weight is 247 g/mol. The molecule has 0 spiro atoms. The van der Waals surface area contributed by atoms with Crippen molar-refractivity contribution in [2.45, 2.75) is 19.9 Å². The van der Waals surface area contributed by atoms with Crippen molar-refractivity contribution in [2.75, 3.05) is 6.54 Å². The molecule has 0 atom stereocenters. The van der Waals surface area contributed by atoms with Crippen LogP contribution in [0.25, 0.3) is 0 Å². The molecule has 2 heterocycles. The van der Waals surface area contributed by atoms with Crippen LogP contribution in [0.4, 0.5) is 0 Å². The standard InChI is InChI=1S/C12H17N5O/c1-3-5-13-7-10-4-6-14-8-11(10)18-12-15-9-17(2)16-12/h4,6,8-9,13H,3,5,7H2,1-2H3. The quantitative estimate of drug-likeness (QED) is 0.784. The summed E-state index contributed by atoms with van der Waals surface area (Å²) < 4.78 is 7.21. The SMILES string of the molecule is CCCNCc1ccncc1Oc1ncn(C)n1. The summed E-state index contributed by atoms with van der Waals surface area (Å²) in [6.45, 7) is 3.86.